The highest BCUT2D eigenvalue weighted by Gasteiger charge is 2.20. The van der Waals surface area contributed by atoms with Crippen LogP contribution < -0.4 is 10.1 Å². The van der Waals surface area contributed by atoms with E-state index < -0.39 is 6.10 Å². The molecule has 2 rings (SSSR count). The molecule has 0 aliphatic heterocycles. The van der Waals surface area contributed by atoms with E-state index in [2.05, 4.69) is 5.32 Å². The zero-order chi connectivity index (χ0) is 16.7. The number of hydrogen-bond donors (Lipinski definition) is 1. The molecule has 0 unspecified atom stereocenters. The van der Waals surface area contributed by atoms with Crippen LogP contribution in [-0.2, 0) is 14.3 Å². The van der Waals surface area contributed by atoms with Gasteiger partial charge in [-0.15, -0.1) is 0 Å². The molecular formula is C18H25NO4. The predicted molar refractivity (Wildman–Crippen MR) is 88.4 cm³/mol. The molecule has 1 aliphatic carbocycles. The van der Waals surface area contributed by atoms with Gasteiger partial charge in [0.25, 0.3) is 5.91 Å². The molecule has 0 saturated heterocycles. The van der Waals surface area contributed by atoms with Crippen LogP contribution in [0.15, 0.2) is 24.3 Å². The summed E-state index contributed by atoms with van der Waals surface area (Å²) in [5.41, 5.74) is 0.643. The summed E-state index contributed by atoms with van der Waals surface area (Å²) < 4.78 is 10.3. The van der Waals surface area contributed by atoms with Crippen LogP contribution in [0.4, 0.5) is 5.69 Å². The number of rotatable bonds is 7. The van der Waals surface area contributed by atoms with E-state index in [9.17, 15) is 9.59 Å². The average Bonchev–Trinajstić information content (AvgIpc) is 3.07. The molecule has 1 fully saturated rings. The van der Waals surface area contributed by atoms with Crippen molar-refractivity contribution in [3.05, 3.63) is 24.3 Å². The van der Waals surface area contributed by atoms with E-state index in [1.54, 1.807) is 38.3 Å². The fourth-order valence-electron chi connectivity index (χ4n) is 2.85. The molecule has 0 spiro atoms. The number of carbonyl (C=O) groups excluding carboxylic acids is 2. The summed E-state index contributed by atoms with van der Waals surface area (Å²) in [7, 11) is 1.58. The van der Waals surface area contributed by atoms with Crippen LogP contribution >= 0.6 is 0 Å². The molecule has 0 radical (unpaired) electrons. The third-order valence-corrected chi connectivity index (χ3v) is 4.27. The molecule has 0 heterocycles. The van der Waals surface area contributed by atoms with Crippen LogP contribution in [0.25, 0.3) is 0 Å². The normalized spacial score (nSPS) is 15.9. The highest BCUT2D eigenvalue weighted by atomic mass is 16.5. The number of methoxy groups -OCH3 is 1. The zero-order valence-electron chi connectivity index (χ0n) is 13.8. The van der Waals surface area contributed by atoms with Gasteiger partial charge >= 0.3 is 5.97 Å². The number of hydrogen-bond acceptors (Lipinski definition) is 4. The van der Waals surface area contributed by atoms with Gasteiger partial charge in [0.15, 0.2) is 6.10 Å². The lowest BCUT2D eigenvalue weighted by Gasteiger charge is -2.14. The van der Waals surface area contributed by atoms with Gasteiger partial charge in [0.05, 0.1) is 7.11 Å². The van der Waals surface area contributed by atoms with E-state index in [1.807, 2.05) is 0 Å². The third-order valence-electron chi connectivity index (χ3n) is 4.27. The number of carbonyl (C=O) groups is 2. The second-order valence-electron chi connectivity index (χ2n) is 6.04. The SMILES string of the molecule is COc1ccc(NC(=O)[C@@H](C)OC(=O)CCC2CCCC2)cc1. The Labute approximate surface area is 137 Å². The molecule has 1 aliphatic rings. The molecule has 1 atom stereocenters. The van der Waals surface area contributed by atoms with E-state index in [0.717, 1.165) is 12.2 Å². The number of ether oxygens (including phenoxy) is 2. The molecule has 1 N–H and O–H groups in total. The van der Waals surface area contributed by atoms with Crippen molar-refractivity contribution < 1.29 is 19.1 Å². The zero-order valence-corrected chi connectivity index (χ0v) is 13.8. The summed E-state index contributed by atoms with van der Waals surface area (Å²) >= 11 is 0. The Morgan fingerprint density at radius 3 is 2.48 bits per heavy atom. The Kier molecular flexibility index (Phi) is 6.44. The van der Waals surface area contributed by atoms with Crippen LogP contribution in [0.3, 0.4) is 0 Å². The molecule has 0 bridgehead atoms. The Balaban J connectivity index is 1.73. The predicted octanol–water partition coefficient (Wildman–Crippen LogP) is 3.54. The topological polar surface area (TPSA) is 64.6 Å². The average molecular weight is 319 g/mol. The van der Waals surface area contributed by atoms with Gasteiger partial charge in [-0.3, -0.25) is 9.59 Å². The fraction of sp³-hybridized carbons (Fsp3) is 0.556. The summed E-state index contributed by atoms with van der Waals surface area (Å²) in [6.45, 7) is 1.59. The van der Waals surface area contributed by atoms with Crippen LogP contribution in [0.5, 0.6) is 5.75 Å². The second-order valence-corrected chi connectivity index (χ2v) is 6.04. The van der Waals surface area contributed by atoms with E-state index in [1.165, 1.54) is 25.7 Å². The first-order valence-electron chi connectivity index (χ1n) is 8.23. The Morgan fingerprint density at radius 2 is 1.87 bits per heavy atom. The fourth-order valence-corrected chi connectivity index (χ4v) is 2.85. The maximum absolute atomic E-state index is 12.0. The van der Waals surface area contributed by atoms with Crippen molar-refractivity contribution in [1.82, 2.24) is 0 Å². The summed E-state index contributed by atoms with van der Waals surface area (Å²) in [5.74, 6) is 0.735. The van der Waals surface area contributed by atoms with Crippen molar-refractivity contribution in [2.24, 2.45) is 5.92 Å². The quantitative estimate of drug-likeness (QED) is 0.781. The molecule has 5 nitrogen and oxygen atoms in total. The lowest BCUT2D eigenvalue weighted by molar-refractivity contribution is -0.153. The second kappa shape index (κ2) is 8.56. The molecule has 1 amide bonds. The molecule has 1 saturated carbocycles. The highest BCUT2D eigenvalue weighted by molar-refractivity contribution is 5.95. The summed E-state index contributed by atoms with van der Waals surface area (Å²) in [4.78, 5) is 23.9. The van der Waals surface area contributed by atoms with Gasteiger partial charge in [0, 0.05) is 12.1 Å². The maximum Gasteiger partial charge on any atom is 0.306 e. The molecular weight excluding hydrogens is 294 g/mol. The standard InChI is InChI=1S/C18H25NO4/c1-13(23-17(20)12-7-14-5-3-4-6-14)18(21)19-15-8-10-16(22-2)11-9-15/h8-11,13-14H,3-7,12H2,1-2H3,(H,19,21)/t13-/m1/s1. The monoisotopic (exact) mass is 319 g/mol. The van der Waals surface area contributed by atoms with E-state index in [0.29, 0.717) is 18.0 Å². The lowest BCUT2D eigenvalue weighted by atomic mass is 10.0. The summed E-state index contributed by atoms with van der Waals surface area (Å²) in [5, 5.41) is 2.72. The van der Waals surface area contributed by atoms with Gasteiger partial charge in [-0.25, -0.2) is 0 Å². The van der Waals surface area contributed by atoms with Crippen molar-refractivity contribution >= 4 is 17.6 Å². The minimum atomic E-state index is -0.798. The molecule has 0 aromatic heterocycles. The largest absolute Gasteiger partial charge is 0.497 e. The Hall–Kier alpha value is -2.04. The van der Waals surface area contributed by atoms with Crippen LogP contribution in [0.1, 0.15) is 45.4 Å². The van der Waals surface area contributed by atoms with Crippen LogP contribution in [0.2, 0.25) is 0 Å². The van der Waals surface area contributed by atoms with Crippen molar-refractivity contribution in [2.45, 2.75) is 51.6 Å². The minimum Gasteiger partial charge on any atom is -0.497 e. The molecule has 126 valence electrons. The summed E-state index contributed by atoms with van der Waals surface area (Å²) in [6.07, 6.45) is 5.41. The summed E-state index contributed by atoms with van der Waals surface area (Å²) in [6, 6.07) is 7.00. The smallest absolute Gasteiger partial charge is 0.306 e. The molecule has 1 aromatic carbocycles. The Bertz CT molecular complexity index is 520. The van der Waals surface area contributed by atoms with E-state index in [4.69, 9.17) is 9.47 Å². The molecule has 23 heavy (non-hydrogen) atoms. The van der Waals surface area contributed by atoms with Crippen molar-refractivity contribution in [3.63, 3.8) is 0 Å². The molecule has 1 aromatic rings. The minimum absolute atomic E-state index is 0.297. The van der Waals surface area contributed by atoms with Gasteiger partial charge in [0.2, 0.25) is 0 Å². The van der Waals surface area contributed by atoms with Gasteiger partial charge in [-0.1, -0.05) is 25.7 Å². The van der Waals surface area contributed by atoms with Gasteiger partial charge < -0.3 is 14.8 Å². The first kappa shape index (κ1) is 17.3. The third kappa shape index (κ3) is 5.58. The Morgan fingerprint density at radius 1 is 1.22 bits per heavy atom. The van der Waals surface area contributed by atoms with E-state index in [-0.39, 0.29) is 11.9 Å². The van der Waals surface area contributed by atoms with Crippen LogP contribution in [0, 0.1) is 5.92 Å². The highest BCUT2D eigenvalue weighted by Crippen LogP contribution is 2.28. The van der Waals surface area contributed by atoms with Crippen LogP contribution in [-0.4, -0.2) is 25.1 Å². The van der Waals surface area contributed by atoms with Gasteiger partial charge in [0.1, 0.15) is 5.75 Å². The van der Waals surface area contributed by atoms with Gasteiger partial charge in [-0.2, -0.15) is 0 Å². The first-order valence-corrected chi connectivity index (χ1v) is 8.23. The van der Waals surface area contributed by atoms with Gasteiger partial charge in [-0.05, 0) is 43.5 Å². The lowest BCUT2D eigenvalue weighted by Crippen LogP contribution is -2.30. The maximum atomic E-state index is 12.0. The first-order chi connectivity index (χ1) is 11.1. The number of anilines is 1. The van der Waals surface area contributed by atoms with E-state index >= 15 is 0 Å². The number of nitrogens with one attached hydrogen (secondary N) is 1. The number of esters is 1. The number of benzene rings is 1. The number of amides is 1. The van der Waals surface area contributed by atoms with Crippen molar-refractivity contribution in [2.75, 3.05) is 12.4 Å². The van der Waals surface area contributed by atoms with Crippen molar-refractivity contribution in [1.29, 1.82) is 0 Å². The van der Waals surface area contributed by atoms with Crippen molar-refractivity contribution in [3.8, 4) is 5.75 Å². The molecule has 5 heteroatoms.